The van der Waals surface area contributed by atoms with Gasteiger partial charge in [0.1, 0.15) is 0 Å². The van der Waals surface area contributed by atoms with Gasteiger partial charge in [-0.05, 0) is 47.1 Å². The lowest BCUT2D eigenvalue weighted by atomic mass is 10.3. The molecule has 0 aliphatic rings. The maximum atomic E-state index is 4.20. The van der Waals surface area contributed by atoms with E-state index in [1.54, 1.807) is 6.20 Å². The van der Waals surface area contributed by atoms with Crippen molar-refractivity contribution in [3.63, 3.8) is 0 Å². The van der Waals surface area contributed by atoms with Gasteiger partial charge in [-0.2, -0.15) is 0 Å². The SMILES string of the molecule is CCNc1cncc(Nc2ccc(Br)cc2Br)c1. The number of anilines is 3. The van der Waals surface area contributed by atoms with E-state index in [9.17, 15) is 0 Å². The van der Waals surface area contributed by atoms with Gasteiger partial charge in [0.05, 0.1) is 29.5 Å². The van der Waals surface area contributed by atoms with Gasteiger partial charge in [-0.25, -0.2) is 0 Å². The molecule has 5 heteroatoms. The van der Waals surface area contributed by atoms with Gasteiger partial charge in [0, 0.05) is 15.5 Å². The van der Waals surface area contributed by atoms with E-state index in [1.165, 1.54) is 0 Å². The van der Waals surface area contributed by atoms with E-state index in [4.69, 9.17) is 0 Å². The van der Waals surface area contributed by atoms with Crippen LogP contribution in [0.3, 0.4) is 0 Å². The van der Waals surface area contributed by atoms with Gasteiger partial charge in [-0.3, -0.25) is 4.98 Å². The molecule has 0 bridgehead atoms. The predicted octanol–water partition coefficient (Wildman–Crippen LogP) is 4.78. The van der Waals surface area contributed by atoms with E-state index in [2.05, 4.69) is 54.4 Å². The van der Waals surface area contributed by atoms with Gasteiger partial charge in [0.25, 0.3) is 0 Å². The Morgan fingerprint density at radius 3 is 2.61 bits per heavy atom. The monoisotopic (exact) mass is 369 g/mol. The van der Waals surface area contributed by atoms with Gasteiger partial charge < -0.3 is 10.6 Å². The number of nitrogens with zero attached hydrogens (tertiary/aromatic N) is 1. The molecule has 0 spiro atoms. The van der Waals surface area contributed by atoms with Crippen molar-refractivity contribution >= 4 is 48.9 Å². The normalized spacial score (nSPS) is 10.2. The molecule has 2 rings (SSSR count). The van der Waals surface area contributed by atoms with Crippen LogP contribution in [0.2, 0.25) is 0 Å². The number of aromatic nitrogens is 1. The highest BCUT2D eigenvalue weighted by atomic mass is 79.9. The predicted molar refractivity (Wildman–Crippen MR) is 83.5 cm³/mol. The summed E-state index contributed by atoms with van der Waals surface area (Å²) in [6.45, 7) is 2.94. The second-order valence-electron chi connectivity index (χ2n) is 3.74. The van der Waals surface area contributed by atoms with Crippen LogP contribution >= 0.6 is 31.9 Å². The molecule has 0 saturated heterocycles. The zero-order valence-electron chi connectivity index (χ0n) is 9.87. The number of hydrogen-bond acceptors (Lipinski definition) is 3. The van der Waals surface area contributed by atoms with Crippen molar-refractivity contribution in [2.45, 2.75) is 6.92 Å². The maximum absolute atomic E-state index is 4.20. The second-order valence-corrected chi connectivity index (χ2v) is 5.51. The van der Waals surface area contributed by atoms with E-state index in [-0.39, 0.29) is 0 Å². The van der Waals surface area contributed by atoms with E-state index in [0.717, 1.165) is 32.6 Å². The molecule has 0 unspecified atom stereocenters. The molecular weight excluding hydrogens is 358 g/mol. The Morgan fingerprint density at radius 2 is 1.89 bits per heavy atom. The topological polar surface area (TPSA) is 37.0 Å². The average Bonchev–Trinajstić information content (AvgIpc) is 2.34. The van der Waals surface area contributed by atoms with Crippen LogP contribution in [-0.4, -0.2) is 11.5 Å². The molecule has 0 saturated carbocycles. The largest absolute Gasteiger partial charge is 0.384 e. The van der Waals surface area contributed by atoms with Gasteiger partial charge >= 0.3 is 0 Å². The van der Waals surface area contributed by atoms with Crippen LogP contribution < -0.4 is 10.6 Å². The van der Waals surface area contributed by atoms with Crippen molar-refractivity contribution in [2.24, 2.45) is 0 Å². The first-order chi connectivity index (χ1) is 8.69. The molecule has 3 nitrogen and oxygen atoms in total. The van der Waals surface area contributed by atoms with Crippen molar-refractivity contribution < 1.29 is 0 Å². The Labute approximate surface area is 123 Å². The highest BCUT2D eigenvalue weighted by molar-refractivity contribution is 9.11. The summed E-state index contributed by atoms with van der Waals surface area (Å²) in [5.41, 5.74) is 2.97. The first-order valence-corrected chi connectivity index (χ1v) is 7.18. The quantitative estimate of drug-likeness (QED) is 0.812. The third-order valence-corrected chi connectivity index (χ3v) is 3.48. The summed E-state index contributed by atoms with van der Waals surface area (Å²) in [6, 6.07) is 8.04. The number of rotatable bonds is 4. The Balaban J connectivity index is 2.20. The number of pyridine rings is 1. The molecule has 18 heavy (non-hydrogen) atoms. The summed E-state index contributed by atoms with van der Waals surface area (Å²) in [4.78, 5) is 4.20. The fourth-order valence-corrected chi connectivity index (χ4v) is 2.70. The van der Waals surface area contributed by atoms with Crippen LogP contribution in [0, 0.1) is 0 Å². The van der Waals surface area contributed by atoms with Gasteiger partial charge in [-0.1, -0.05) is 15.9 Å². The lowest BCUT2D eigenvalue weighted by Gasteiger charge is -2.10. The molecule has 0 atom stereocenters. The lowest BCUT2D eigenvalue weighted by molar-refractivity contribution is 1.19. The third-order valence-electron chi connectivity index (χ3n) is 2.33. The Morgan fingerprint density at radius 1 is 1.11 bits per heavy atom. The van der Waals surface area contributed by atoms with E-state index in [1.807, 2.05) is 30.5 Å². The number of benzene rings is 1. The van der Waals surface area contributed by atoms with Gasteiger partial charge in [0.2, 0.25) is 0 Å². The highest BCUT2D eigenvalue weighted by Gasteiger charge is 2.02. The number of hydrogen-bond donors (Lipinski definition) is 2. The molecule has 94 valence electrons. The molecule has 0 aliphatic heterocycles. The standard InChI is InChI=1S/C13H13Br2N3/c1-2-17-10-6-11(8-16-7-10)18-13-4-3-9(14)5-12(13)15/h3-8,17-18H,2H2,1H3. The lowest BCUT2D eigenvalue weighted by Crippen LogP contribution is -1.98. The van der Waals surface area contributed by atoms with Crippen LogP contribution in [0.4, 0.5) is 17.1 Å². The minimum Gasteiger partial charge on any atom is -0.384 e. The fraction of sp³-hybridized carbons (Fsp3) is 0.154. The Bertz CT molecular complexity index is 544. The summed E-state index contributed by atoms with van der Waals surface area (Å²) in [5.74, 6) is 0. The molecule has 0 amide bonds. The molecule has 2 N–H and O–H groups in total. The minimum absolute atomic E-state index is 0.882. The summed E-state index contributed by atoms with van der Waals surface area (Å²) in [7, 11) is 0. The first kappa shape index (κ1) is 13.4. The van der Waals surface area contributed by atoms with Crippen molar-refractivity contribution in [1.29, 1.82) is 0 Å². The van der Waals surface area contributed by atoms with Crippen LogP contribution in [0.5, 0.6) is 0 Å². The molecule has 0 radical (unpaired) electrons. The summed E-state index contributed by atoms with van der Waals surface area (Å²) < 4.78 is 2.05. The molecule has 2 aromatic rings. The van der Waals surface area contributed by atoms with E-state index < -0.39 is 0 Å². The summed E-state index contributed by atoms with van der Waals surface area (Å²) >= 11 is 6.96. The van der Waals surface area contributed by atoms with Crippen molar-refractivity contribution in [3.05, 3.63) is 45.6 Å². The van der Waals surface area contributed by atoms with Crippen LogP contribution in [0.1, 0.15) is 6.92 Å². The molecule has 1 heterocycles. The van der Waals surface area contributed by atoms with Crippen LogP contribution in [0.25, 0.3) is 0 Å². The molecule has 0 fully saturated rings. The highest BCUT2D eigenvalue weighted by Crippen LogP contribution is 2.29. The molecular formula is C13H13Br2N3. The zero-order valence-corrected chi connectivity index (χ0v) is 13.0. The minimum atomic E-state index is 0.882. The van der Waals surface area contributed by atoms with E-state index in [0.29, 0.717) is 0 Å². The average molecular weight is 371 g/mol. The summed E-state index contributed by atoms with van der Waals surface area (Å²) in [6.07, 6.45) is 3.61. The van der Waals surface area contributed by atoms with Gasteiger partial charge in [-0.15, -0.1) is 0 Å². The van der Waals surface area contributed by atoms with Gasteiger partial charge in [0.15, 0.2) is 0 Å². The summed E-state index contributed by atoms with van der Waals surface area (Å²) in [5, 5.41) is 6.56. The number of nitrogens with one attached hydrogen (secondary N) is 2. The van der Waals surface area contributed by atoms with Crippen molar-refractivity contribution in [1.82, 2.24) is 4.98 Å². The van der Waals surface area contributed by atoms with Crippen molar-refractivity contribution in [3.8, 4) is 0 Å². The second kappa shape index (κ2) is 6.20. The first-order valence-electron chi connectivity index (χ1n) is 5.60. The van der Waals surface area contributed by atoms with Crippen LogP contribution in [0.15, 0.2) is 45.6 Å². The molecule has 1 aromatic heterocycles. The van der Waals surface area contributed by atoms with Crippen molar-refractivity contribution in [2.75, 3.05) is 17.2 Å². The fourth-order valence-electron chi connectivity index (χ4n) is 1.56. The Hall–Kier alpha value is -1.07. The maximum Gasteiger partial charge on any atom is 0.0591 e. The molecule has 1 aromatic carbocycles. The smallest absolute Gasteiger partial charge is 0.0591 e. The zero-order chi connectivity index (χ0) is 13.0. The molecule has 0 aliphatic carbocycles. The number of halogens is 2. The van der Waals surface area contributed by atoms with Crippen LogP contribution in [-0.2, 0) is 0 Å². The Kier molecular flexibility index (Phi) is 4.60. The van der Waals surface area contributed by atoms with E-state index >= 15 is 0 Å². The third kappa shape index (κ3) is 3.46.